The summed E-state index contributed by atoms with van der Waals surface area (Å²) >= 11 is 0. The molecule has 3 nitrogen and oxygen atoms in total. The van der Waals surface area contributed by atoms with E-state index in [4.69, 9.17) is 4.42 Å². The lowest BCUT2D eigenvalue weighted by Crippen LogP contribution is -2.28. The maximum Gasteiger partial charge on any atom is 0.134 e. The molecular formula is C14H19NO2. The smallest absolute Gasteiger partial charge is 0.134 e. The van der Waals surface area contributed by atoms with E-state index in [-0.39, 0.29) is 6.10 Å². The number of furan rings is 1. The first kappa shape index (κ1) is 12.1. The average Bonchev–Trinajstić information content (AvgIpc) is 2.70. The minimum Gasteiger partial charge on any atom is -0.460 e. The van der Waals surface area contributed by atoms with Gasteiger partial charge in [-0.1, -0.05) is 25.1 Å². The van der Waals surface area contributed by atoms with Crippen LogP contribution >= 0.6 is 0 Å². The molecule has 0 fully saturated rings. The maximum atomic E-state index is 9.57. The summed E-state index contributed by atoms with van der Waals surface area (Å²) in [6.45, 7) is 3.39. The molecule has 2 aromatic rings. The molecule has 17 heavy (non-hydrogen) atoms. The topological polar surface area (TPSA) is 36.6 Å². The molecule has 0 amide bonds. The fourth-order valence-corrected chi connectivity index (χ4v) is 1.93. The summed E-state index contributed by atoms with van der Waals surface area (Å²) in [6, 6.07) is 10.1. The molecule has 0 saturated carbocycles. The second-order valence-electron chi connectivity index (χ2n) is 4.51. The van der Waals surface area contributed by atoms with Crippen LogP contribution in [0.3, 0.4) is 0 Å². The Balaban J connectivity index is 2.03. The molecule has 92 valence electrons. The quantitative estimate of drug-likeness (QED) is 0.862. The summed E-state index contributed by atoms with van der Waals surface area (Å²) in [5.74, 6) is 0.942. The van der Waals surface area contributed by atoms with Crippen molar-refractivity contribution in [3.8, 4) is 0 Å². The van der Waals surface area contributed by atoms with Crippen molar-refractivity contribution in [2.45, 2.75) is 26.0 Å². The number of rotatable bonds is 5. The number of para-hydroxylation sites is 1. The normalized spacial score (nSPS) is 13.4. The van der Waals surface area contributed by atoms with Crippen LogP contribution in [0.25, 0.3) is 11.0 Å². The second kappa shape index (κ2) is 5.34. The van der Waals surface area contributed by atoms with Crippen molar-refractivity contribution in [3.63, 3.8) is 0 Å². The van der Waals surface area contributed by atoms with E-state index in [1.165, 1.54) is 0 Å². The molecule has 0 aliphatic rings. The number of hydrogen-bond donors (Lipinski definition) is 1. The molecule has 1 unspecified atom stereocenters. The fraction of sp³-hybridized carbons (Fsp3) is 0.429. The minimum absolute atomic E-state index is 0.260. The third kappa shape index (κ3) is 3.08. The molecule has 1 atom stereocenters. The van der Waals surface area contributed by atoms with Gasteiger partial charge in [-0.3, -0.25) is 4.90 Å². The Kier molecular flexibility index (Phi) is 3.82. The Morgan fingerprint density at radius 1 is 1.35 bits per heavy atom. The van der Waals surface area contributed by atoms with Crippen LogP contribution in [-0.4, -0.2) is 29.7 Å². The fourth-order valence-electron chi connectivity index (χ4n) is 1.93. The van der Waals surface area contributed by atoms with Gasteiger partial charge in [0.2, 0.25) is 0 Å². The van der Waals surface area contributed by atoms with Crippen molar-refractivity contribution in [2.24, 2.45) is 0 Å². The van der Waals surface area contributed by atoms with Gasteiger partial charge in [0.1, 0.15) is 11.3 Å². The van der Waals surface area contributed by atoms with E-state index in [1.54, 1.807) is 0 Å². The molecule has 0 spiro atoms. The van der Waals surface area contributed by atoms with E-state index >= 15 is 0 Å². The van der Waals surface area contributed by atoms with Crippen LogP contribution in [0.15, 0.2) is 34.7 Å². The molecule has 0 bridgehead atoms. The Hall–Kier alpha value is -1.32. The summed E-state index contributed by atoms with van der Waals surface area (Å²) in [4.78, 5) is 2.08. The number of aliphatic hydroxyl groups excluding tert-OH is 1. The number of nitrogens with zero attached hydrogens (tertiary/aromatic N) is 1. The number of benzene rings is 1. The molecule has 1 aromatic carbocycles. The summed E-state index contributed by atoms with van der Waals surface area (Å²) in [6.07, 6.45) is 0.522. The monoisotopic (exact) mass is 233 g/mol. The standard InChI is InChI=1S/C14H19NO2/c1-3-12(16)9-15(2)10-13-8-11-6-4-5-7-14(11)17-13/h4-8,12,16H,3,9-10H2,1-2H3. The lowest BCUT2D eigenvalue weighted by Gasteiger charge is -2.18. The Morgan fingerprint density at radius 3 is 2.82 bits per heavy atom. The van der Waals surface area contributed by atoms with Crippen molar-refractivity contribution in [2.75, 3.05) is 13.6 Å². The number of likely N-dealkylation sites (N-methyl/N-ethyl adjacent to an activating group) is 1. The van der Waals surface area contributed by atoms with Crippen molar-refractivity contribution >= 4 is 11.0 Å². The molecule has 1 heterocycles. The number of aliphatic hydroxyl groups is 1. The van der Waals surface area contributed by atoms with E-state index in [0.717, 1.165) is 29.7 Å². The van der Waals surface area contributed by atoms with E-state index in [1.807, 2.05) is 38.2 Å². The van der Waals surface area contributed by atoms with Gasteiger partial charge in [-0.05, 0) is 25.6 Å². The lowest BCUT2D eigenvalue weighted by molar-refractivity contribution is 0.116. The SMILES string of the molecule is CCC(O)CN(C)Cc1cc2ccccc2o1. The minimum atomic E-state index is -0.260. The second-order valence-corrected chi connectivity index (χ2v) is 4.51. The van der Waals surface area contributed by atoms with E-state index in [9.17, 15) is 5.11 Å². The van der Waals surface area contributed by atoms with Crippen LogP contribution in [0.4, 0.5) is 0 Å². The first-order chi connectivity index (χ1) is 8.19. The third-order valence-corrected chi connectivity index (χ3v) is 2.90. The molecule has 1 aromatic heterocycles. The third-order valence-electron chi connectivity index (χ3n) is 2.90. The number of fused-ring (bicyclic) bond motifs is 1. The summed E-state index contributed by atoms with van der Waals surface area (Å²) in [5.41, 5.74) is 0.923. The Morgan fingerprint density at radius 2 is 2.12 bits per heavy atom. The molecule has 3 heteroatoms. The van der Waals surface area contributed by atoms with Crippen molar-refractivity contribution in [1.82, 2.24) is 4.90 Å². The Labute approximate surface area is 102 Å². The average molecular weight is 233 g/mol. The summed E-state index contributed by atoms with van der Waals surface area (Å²) in [5, 5.41) is 10.7. The molecule has 0 aliphatic heterocycles. The van der Waals surface area contributed by atoms with Gasteiger partial charge in [0.25, 0.3) is 0 Å². The predicted octanol–water partition coefficient (Wildman–Crippen LogP) is 2.64. The number of hydrogen-bond acceptors (Lipinski definition) is 3. The highest BCUT2D eigenvalue weighted by molar-refractivity contribution is 5.77. The van der Waals surface area contributed by atoms with Gasteiger partial charge in [0, 0.05) is 11.9 Å². The summed E-state index contributed by atoms with van der Waals surface area (Å²) < 4.78 is 5.73. The molecular weight excluding hydrogens is 214 g/mol. The van der Waals surface area contributed by atoms with Gasteiger partial charge in [0.05, 0.1) is 12.6 Å². The first-order valence-corrected chi connectivity index (χ1v) is 6.03. The molecule has 0 aliphatic carbocycles. The van der Waals surface area contributed by atoms with Gasteiger partial charge < -0.3 is 9.52 Å². The van der Waals surface area contributed by atoms with Gasteiger partial charge in [-0.2, -0.15) is 0 Å². The van der Waals surface area contributed by atoms with Crippen LogP contribution in [-0.2, 0) is 6.54 Å². The van der Waals surface area contributed by atoms with E-state index in [0.29, 0.717) is 6.54 Å². The Bertz CT molecular complexity index is 445. The van der Waals surface area contributed by atoms with Gasteiger partial charge in [-0.25, -0.2) is 0 Å². The predicted molar refractivity (Wildman–Crippen MR) is 68.8 cm³/mol. The van der Waals surface area contributed by atoms with Gasteiger partial charge in [-0.15, -0.1) is 0 Å². The zero-order valence-corrected chi connectivity index (χ0v) is 10.4. The maximum absolute atomic E-state index is 9.57. The lowest BCUT2D eigenvalue weighted by atomic mass is 10.2. The highest BCUT2D eigenvalue weighted by Crippen LogP contribution is 2.19. The van der Waals surface area contributed by atoms with Crippen LogP contribution in [0.2, 0.25) is 0 Å². The van der Waals surface area contributed by atoms with Crippen LogP contribution in [0.5, 0.6) is 0 Å². The molecule has 0 saturated heterocycles. The van der Waals surface area contributed by atoms with E-state index in [2.05, 4.69) is 11.0 Å². The van der Waals surface area contributed by atoms with Crippen LogP contribution < -0.4 is 0 Å². The largest absolute Gasteiger partial charge is 0.460 e. The van der Waals surface area contributed by atoms with Crippen LogP contribution in [0, 0.1) is 0 Å². The van der Waals surface area contributed by atoms with Crippen molar-refractivity contribution in [3.05, 3.63) is 36.1 Å². The van der Waals surface area contributed by atoms with Crippen LogP contribution in [0.1, 0.15) is 19.1 Å². The molecule has 1 N–H and O–H groups in total. The van der Waals surface area contributed by atoms with E-state index < -0.39 is 0 Å². The first-order valence-electron chi connectivity index (χ1n) is 6.03. The molecule has 2 rings (SSSR count). The zero-order valence-electron chi connectivity index (χ0n) is 10.4. The zero-order chi connectivity index (χ0) is 12.3. The van der Waals surface area contributed by atoms with Gasteiger partial charge >= 0.3 is 0 Å². The highest BCUT2D eigenvalue weighted by Gasteiger charge is 2.09. The van der Waals surface area contributed by atoms with Crippen molar-refractivity contribution in [1.29, 1.82) is 0 Å². The highest BCUT2D eigenvalue weighted by atomic mass is 16.3. The summed E-state index contributed by atoms with van der Waals surface area (Å²) in [7, 11) is 1.99. The molecule has 0 radical (unpaired) electrons. The van der Waals surface area contributed by atoms with Gasteiger partial charge in [0.15, 0.2) is 0 Å². The van der Waals surface area contributed by atoms with Crippen molar-refractivity contribution < 1.29 is 9.52 Å².